The number of rotatable bonds is 2. The van der Waals surface area contributed by atoms with Crippen LogP contribution in [0.3, 0.4) is 0 Å². The van der Waals surface area contributed by atoms with Crippen molar-refractivity contribution < 1.29 is 36.0 Å². The molecule has 0 bridgehead atoms. The number of ether oxygens (including phenoxy) is 1. The van der Waals surface area contributed by atoms with Crippen LogP contribution < -0.4 is 4.90 Å². The average molecular weight is 330 g/mol. The number of hydrogen-bond donors (Lipinski definition) is 0. The fourth-order valence-corrected chi connectivity index (χ4v) is 2.09. The Morgan fingerprint density at radius 1 is 1.23 bits per heavy atom. The predicted octanol–water partition coefficient (Wildman–Crippen LogP) is 3.34. The number of anilines is 1. The maximum atomic E-state index is 12.8. The minimum absolute atomic E-state index is 0.278. The molecule has 5 nitrogen and oxygen atoms in total. The molecule has 1 fully saturated rings. The summed E-state index contributed by atoms with van der Waals surface area (Å²) in [5.74, 6) is 0. The molecule has 2 rings (SSSR count). The van der Waals surface area contributed by atoms with Crippen LogP contribution in [0.1, 0.15) is 5.56 Å². The van der Waals surface area contributed by atoms with E-state index in [1.54, 1.807) is 0 Å². The maximum Gasteiger partial charge on any atom is 0.433 e. The Morgan fingerprint density at radius 2 is 1.86 bits per heavy atom. The molecule has 1 atom stereocenters. The number of benzene rings is 1. The number of nitrogens with zero attached hydrogens (tertiary/aromatic N) is 2. The summed E-state index contributed by atoms with van der Waals surface area (Å²) in [7, 11) is 0. The van der Waals surface area contributed by atoms with Crippen LogP contribution in [-0.4, -0.2) is 30.5 Å². The van der Waals surface area contributed by atoms with Gasteiger partial charge in [0.05, 0.1) is 11.5 Å². The van der Waals surface area contributed by atoms with E-state index < -0.39 is 40.4 Å². The highest BCUT2D eigenvalue weighted by molar-refractivity contribution is 5.57. The molecule has 1 aliphatic rings. The van der Waals surface area contributed by atoms with Crippen LogP contribution in [-0.2, 0) is 10.9 Å². The molecule has 0 saturated carbocycles. The first-order valence-corrected chi connectivity index (χ1v) is 5.82. The van der Waals surface area contributed by atoms with Crippen molar-refractivity contribution in [2.75, 3.05) is 18.1 Å². The highest BCUT2D eigenvalue weighted by Gasteiger charge is 2.48. The Bertz CT molecular complexity index is 586. The zero-order chi connectivity index (χ0) is 16.7. The van der Waals surface area contributed by atoms with Crippen molar-refractivity contribution in [1.29, 1.82) is 0 Å². The molecule has 0 amide bonds. The SMILES string of the molecule is O=[N+]([O-])c1ccc(N2CCOC2C(F)(F)F)cc1C(F)(F)F. The Kier molecular flexibility index (Phi) is 3.94. The third-order valence-corrected chi connectivity index (χ3v) is 2.98. The Balaban J connectivity index is 2.47. The van der Waals surface area contributed by atoms with Crippen molar-refractivity contribution in [3.05, 3.63) is 33.9 Å². The summed E-state index contributed by atoms with van der Waals surface area (Å²) in [5.41, 5.74) is -3.28. The molecule has 1 heterocycles. The van der Waals surface area contributed by atoms with Gasteiger partial charge in [-0.2, -0.15) is 26.3 Å². The van der Waals surface area contributed by atoms with E-state index in [1.165, 1.54) is 0 Å². The molecule has 1 aromatic rings. The number of halogens is 6. The molecule has 1 unspecified atom stereocenters. The van der Waals surface area contributed by atoms with Crippen molar-refractivity contribution in [2.24, 2.45) is 0 Å². The van der Waals surface area contributed by atoms with Crippen molar-refractivity contribution >= 4 is 11.4 Å². The molecule has 0 radical (unpaired) electrons. The fourth-order valence-electron chi connectivity index (χ4n) is 2.09. The molecule has 1 aliphatic heterocycles. The molecule has 0 N–H and O–H groups in total. The summed E-state index contributed by atoms with van der Waals surface area (Å²) < 4.78 is 81.2. The van der Waals surface area contributed by atoms with E-state index in [4.69, 9.17) is 0 Å². The second kappa shape index (κ2) is 5.30. The largest absolute Gasteiger partial charge is 0.433 e. The summed E-state index contributed by atoms with van der Waals surface area (Å²) in [6, 6.07) is 1.69. The second-order valence-corrected chi connectivity index (χ2v) is 4.41. The predicted molar refractivity (Wildman–Crippen MR) is 61.2 cm³/mol. The summed E-state index contributed by atoms with van der Waals surface area (Å²) in [5, 5.41) is 10.6. The quantitative estimate of drug-likeness (QED) is 0.474. The van der Waals surface area contributed by atoms with Crippen LogP contribution >= 0.6 is 0 Å². The molecular weight excluding hydrogens is 322 g/mol. The highest BCUT2D eigenvalue weighted by Crippen LogP contribution is 2.40. The van der Waals surface area contributed by atoms with Crippen LogP contribution in [0.4, 0.5) is 37.7 Å². The molecule has 1 saturated heterocycles. The van der Waals surface area contributed by atoms with Crippen molar-refractivity contribution in [1.82, 2.24) is 0 Å². The molecule has 11 heteroatoms. The zero-order valence-corrected chi connectivity index (χ0v) is 10.6. The van der Waals surface area contributed by atoms with E-state index in [1.807, 2.05) is 0 Å². The van der Waals surface area contributed by atoms with Gasteiger partial charge in [0.15, 0.2) is 0 Å². The van der Waals surface area contributed by atoms with Crippen molar-refractivity contribution in [3.8, 4) is 0 Å². The van der Waals surface area contributed by atoms with Crippen molar-refractivity contribution in [3.63, 3.8) is 0 Å². The van der Waals surface area contributed by atoms with E-state index >= 15 is 0 Å². The Morgan fingerprint density at radius 3 is 2.36 bits per heavy atom. The fraction of sp³-hybridized carbons (Fsp3) is 0.455. The van der Waals surface area contributed by atoms with E-state index in [0.717, 1.165) is 6.07 Å². The smallest absolute Gasteiger partial charge is 0.348 e. The summed E-state index contributed by atoms with van der Waals surface area (Å²) in [4.78, 5) is 9.95. The number of nitro groups is 1. The van der Waals surface area contributed by atoms with Gasteiger partial charge in [0.2, 0.25) is 6.23 Å². The maximum absolute atomic E-state index is 12.8. The number of nitro benzene ring substituents is 1. The van der Waals surface area contributed by atoms with E-state index in [-0.39, 0.29) is 13.2 Å². The summed E-state index contributed by atoms with van der Waals surface area (Å²) in [6.07, 6.45) is -12.2. The van der Waals surface area contributed by atoms with Gasteiger partial charge in [0, 0.05) is 18.3 Å². The van der Waals surface area contributed by atoms with Gasteiger partial charge in [-0.1, -0.05) is 0 Å². The van der Waals surface area contributed by atoms with Gasteiger partial charge in [-0.15, -0.1) is 0 Å². The molecule has 0 aromatic heterocycles. The summed E-state index contributed by atoms with van der Waals surface area (Å²) >= 11 is 0. The summed E-state index contributed by atoms with van der Waals surface area (Å²) in [6.45, 7) is -0.595. The molecular formula is C11H8F6N2O3. The molecule has 1 aromatic carbocycles. The first-order valence-electron chi connectivity index (χ1n) is 5.82. The first-order chi connectivity index (χ1) is 10.0. The third-order valence-electron chi connectivity index (χ3n) is 2.98. The van der Waals surface area contributed by atoms with Crippen LogP contribution in [0.15, 0.2) is 18.2 Å². The first kappa shape index (κ1) is 16.3. The third kappa shape index (κ3) is 3.08. The van der Waals surface area contributed by atoms with Crippen LogP contribution in [0.5, 0.6) is 0 Å². The second-order valence-electron chi connectivity index (χ2n) is 4.41. The van der Waals surface area contributed by atoms with E-state index in [9.17, 15) is 36.5 Å². The molecule has 122 valence electrons. The van der Waals surface area contributed by atoms with Gasteiger partial charge >= 0.3 is 12.4 Å². The normalized spacial score (nSPS) is 19.5. The standard InChI is InChI=1S/C11H8F6N2O3/c12-10(13,14)7-5-6(1-2-8(7)19(20)21)18-3-4-22-9(18)11(15,16)17/h1-2,5,9H,3-4H2. The lowest BCUT2D eigenvalue weighted by Gasteiger charge is -2.27. The van der Waals surface area contributed by atoms with Gasteiger partial charge in [0.1, 0.15) is 5.56 Å². The lowest BCUT2D eigenvalue weighted by molar-refractivity contribution is -0.388. The minimum Gasteiger partial charge on any atom is -0.348 e. The molecule has 0 spiro atoms. The Labute approximate surface area is 119 Å². The average Bonchev–Trinajstić information content (AvgIpc) is 2.85. The lowest BCUT2D eigenvalue weighted by Crippen LogP contribution is -2.42. The van der Waals surface area contributed by atoms with Gasteiger partial charge in [-0.3, -0.25) is 10.1 Å². The lowest BCUT2D eigenvalue weighted by atomic mass is 10.1. The molecule has 0 aliphatic carbocycles. The Hall–Kier alpha value is -2.04. The van der Waals surface area contributed by atoms with Gasteiger partial charge in [0.25, 0.3) is 5.69 Å². The monoisotopic (exact) mass is 330 g/mol. The zero-order valence-electron chi connectivity index (χ0n) is 10.6. The number of hydrogen-bond acceptors (Lipinski definition) is 4. The van der Waals surface area contributed by atoms with Gasteiger partial charge in [-0.05, 0) is 12.1 Å². The molecule has 22 heavy (non-hydrogen) atoms. The van der Waals surface area contributed by atoms with Crippen LogP contribution in [0, 0.1) is 10.1 Å². The van der Waals surface area contributed by atoms with Gasteiger partial charge in [-0.25, -0.2) is 0 Å². The van der Waals surface area contributed by atoms with Crippen LogP contribution in [0.2, 0.25) is 0 Å². The van der Waals surface area contributed by atoms with Crippen LogP contribution in [0.25, 0.3) is 0 Å². The van der Waals surface area contributed by atoms with Crippen molar-refractivity contribution in [2.45, 2.75) is 18.6 Å². The van der Waals surface area contributed by atoms with E-state index in [2.05, 4.69) is 4.74 Å². The van der Waals surface area contributed by atoms with Gasteiger partial charge < -0.3 is 9.64 Å². The van der Waals surface area contributed by atoms with E-state index in [0.29, 0.717) is 17.0 Å². The highest BCUT2D eigenvalue weighted by atomic mass is 19.4. The minimum atomic E-state index is -5.06. The number of alkyl halides is 6. The topological polar surface area (TPSA) is 55.6 Å².